The van der Waals surface area contributed by atoms with Crippen LogP contribution in [0.1, 0.15) is 25.7 Å². The van der Waals surface area contributed by atoms with Crippen molar-refractivity contribution < 1.29 is 0 Å². The fourth-order valence-electron chi connectivity index (χ4n) is 2.98. The summed E-state index contributed by atoms with van der Waals surface area (Å²) >= 11 is 3.69. The molecule has 0 spiro atoms. The molecular formula is C11H14BrN3O. The van der Waals surface area contributed by atoms with E-state index in [-0.39, 0.29) is 5.56 Å². The largest absolute Gasteiger partial charge is 0.346 e. The van der Waals surface area contributed by atoms with Gasteiger partial charge in [0.05, 0.1) is 0 Å². The summed E-state index contributed by atoms with van der Waals surface area (Å²) in [7, 11) is 0. The third-order valence-electron chi connectivity index (χ3n) is 3.61. The molecule has 2 bridgehead atoms. The number of nitrogens with zero attached hydrogens (tertiary/aromatic N) is 2. The second kappa shape index (κ2) is 3.87. The molecule has 2 saturated heterocycles. The van der Waals surface area contributed by atoms with Gasteiger partial charge >= 0.3 is 0 Å². The minimum Gasteiger partial charge on any atom is -0.346 e. The van der Waals surface area contributed by atoms with Crippen molar-refractivity contribution in [3.8, 4) is 0 Å². The highest BCUT2D eigenvalue weighted by Crippen LogP contribution is 2.39. The Morgan fingerprint density at radius 3 is 2.69 bits per heavy atom. The van der Waals surface area contributed by atoms with E-state index in [1.807, 2.05) is 0 Å². The molecule has 2 fully saturated rings. The number of hydrogen-bond donors (Lipinski definition) is 1. The Bertz CT molecular complexity index is 433. The van der Waals surface area contributed by atoms with E-state index in [4.69, 9.17) is 0 Å². The van der Waals surface area contributed by atoms with Crippen molar-refractivity contribution >= 4 is 21.7 Å². The maximum Gasteiger partial charge on any atom is 0.290 e. The normalized spacial score (nSPS) is 33.1. The summed E-state index contributed by atoms with van der Waals surface area (Å²) in [5.41, 5.74) is -0.0626. The standard InChI is InChI=1S/C11H14BrN3O/c12-7-5-8-1-2-9(6-7)15(8)10-11(16)14-4-3-13-10/h3-4,7-9H,1-2,5-6H2,(H,14,16). The van der Waals surface area contributed by atoms with E-state index >= 15 is 0 Å². The Morgan fingerprint density at radius 2 is 2.06 bits per heavy atom. The highest BCUT2D eigenvalue weighted by molar-refractivity contribution is 9.09. The summed E-state index contributed by atoms with van der Waals surface area (Å²) in [5, 5.41) is 0. The van der Waals surface area contributed by atoms with Crippen LogP contribution in [0.2, 0.25) is 0 Å². The molecule has 2 aliphatic rings. The van der Waals surface area contributed by atoms with E-state index in [0.29, 0.717) is 22.7 Å². The van der Waals surface area contributed by atoms with Gasteiger partial charge < -0.3 is 9.88 Å². The zero-order valence-electron chi connectivity index (χ0n) is 8.90. The van der Waals surface area contributed by atoms with Crippen LogP contribution in [0.5, 0.6) is 0 Å². The van der Waals surface area contributed by atoms with Gasteiger partial charge in [-0.1, -0.05) is 15.9 Å². The molecule has 2 unspecified atom stereocenters. The number of alkyl halides is 1. The van der Waals surface area contributed by atoms with Gasteiger partial charge in [-0.05, 0) is 25.7 Å². The number of piperidine rings is 1. The molecule has 1 aromatic heterocycles. The lowest BCUT2D eigenvalue weighted by Crippen LogP contribution is -2.46. The SMILES string of the molecule is O=c1[nH]ccnc1N1C2CCC1CC(Br)C2. The fraction of sp³-hybridized carbons (Fsp3) is 0.636. The van der Waals surface area contributed by atoms with Crippen molar-refractivity contribution in [2.75, 3.05) is 4.90 Å². The summed E-state index contributed by atoms with van der Waals surface area (Å²) in [6, 6.07) is 0.971. The molecule has 86 valence electrons. The molecule has 5 heteroatoms. The van der Waals surface area contributed by atoms with Crippen LogP contribution in [0.25, 0.3) is 0 Å². The number of rotatable bonds is 1. The molecule has 2 aliphatic heterocycles. The number of nitrogens with one attached hydrogen (secondary N) is 1. The molecule has 3 rings (SSSR count). The second-order valence-electron chi connectivity index (χ2n) is 4.60. The molecule has 0 aromatic carbocycles. The van der Waals surface area contributed by atoms with Crippen LogP contribution in [0.3, 0.4) is 0 Å². The number of hydrogen-bond acceptors (Lipinski definition) is 3. The number of halogens is 1. The molecule has 2 atom stereocenters. The second-order valence-corrected chi connectivity index (χ2v) is 5.90. The van der Waals surface area contributed by atoms with Crippen molar-refractivity contribution in [1.29, 1.82) is 0 Å². The minimum absolute atomic E-state index is 0.0626. The first-order valence-electron chi connectivity index (χ1n) is 5.72. The first-order valence-corrected chi connectivity index (χ1v) is 6.63. The summed E-state index contributed by atoms with van der Waals surface area (Å²) in [6.07, 6.45) is 7.85. The number of H-pyrrole nitrogens is 1. The molecule has 0 radical (unpaired) electrons. The highest BCUT2D eigenvalue weighted by Gasteiger charge is 2.41. The average Bonchev–Trinajstić information content (AvgIpc) is 2.53. The van der Waals surface area contributed by atoms with Crippen LogP contribution in [-0.2, 0) is 0 Å². The van der Waals surface area contributed by atoms with Gasteiger partial charge in [0.1, 0.15) is 0 Å². The van der Waals surface area contributed by atoms with E-state index in [0.717, 1.165) is 12.8 Å². The van der Waals surface area contributed by atoms with Gasteiger partial charge in [0.25, 0.3) is 5.56 Å². The zero-order chi connectivity index (χ0) is 11.1. The van der Waals surface area contributed by atoms with Crippen molar-refractivity contribution in [3.05, 3.63) is 22.7 Å². The van der Waals surface area contributed by atoms with Crippen LogP contribution >= 0.6 is 15.9 Å². The summed E-state index contributed by atoms with van der Waals surface area (Å²) < 4.78 is 0. The third-order valence-corrected chi connectivity index (χ3v) is 4.36. The molecule has 0 saturated carbocycles. The lowest BCUT2D eigenvalue weighted by atomic mass is 10.0. The maximum atomic E-state index is 11.7. The van der Waals surface area contributed by atoms with E-state index in [9.17, 15) is 4.79 Å². The Kier molecular flexibility index (Phi) is 2.50. The van der Waals surface area contributed by atoms with E-state index in [1.165, 1.54) is 12.8 Å². The number of aromatic amines is 1. The van der Waals surface area contributed by atoms with E-state index in [1.54, 1.807) is 12.4 Å². The Hall–Kier alpha value is -0.840. The van der Waals surface area contributed by atoms with Crippen LogP contribution < -0.4 is 10.5 Å². The van der Waals surface area contributed by atoms with Gasteiger partial charge in [0.2, 0.25) is 0 Å². The zero-order valence-corrected chi connectivity index (χ0v) is 10.5. The van der Waals surface area contributed by atoms with Gasteiger partial charge in [-0.3, -0.25) is 4.79 Å². The van der Waals surface area contributed by atoms with Crippen LogP contribution in [-0.4, -0.2) is 26.9 Å². The van der Waals surface area contributed by atoms with Gasteiger partial charge in [-0.15, -0.1) is 0 Å². The molecule has 1 N–H and O–H groups in total. The van der Waals surface area contributed by atoms with Gasteiger partial charge in [0, 0.05) is 29.3 Å². The Labute approximate surface area is 102 Å². The quantitative estimate of drug-likeness (QED) is 0.798. The third kappa shape index (κ3) is 1.57. The van der Waals surface area contributed by atoms with Crippen LogP contribution in [0, 0.1) is 0 Å². The highest BCUT2D eigenvalue weighted by atomic mass is 79.9. The van der Waals surface area contributed by atoms with Crippen LogP contribution in [0.4, 0.5) is 5.82 Å². The van der Waals surface area contributed by atoms with Crippen molar-refractivity contribution in [2.45, 2.75) is 42.6 Å². The average molecular weight is 284 g/mol. The summed E-state index contributed by atoms with van der Waals surface area (Å²) in [5.74, 6) is 0.606. The van der Waals surface area contributed by atoms with E-state index in [2.05, 4.69) is 30.8 Å². The molecule has 0 aliphatic carbocycles. The maximum absolute atomic E-state index is 11.7. The molecule has 1 aromatic rings. The first-order chi connectivity index (χ1) is 7.75. The summed E-state index contributed by atoms with van der Waals surface area (Å²) in [6.45, 7) is 0. The predicted molar refractivity (Wildman–Crippen MR) is 66.1 cm³/mol. The van der Waals surface area contributed by atoms with Crippen LogP contribution in [0.15, 0.2) is 17.2 Å². The monoisotopic (exact) mass is 283 g/mol. The molecule has 0 amide bonds. The van der Waals surface area contributed by atoms with Gasteiger partial charge in [0.15, 0.2) is 5.82 Å². The van der Waals surface area contributed by atoms with E-state index < -0.39 is 0 Å². The Morgan fingerprint density at radius 1 is 1.38 bits per heavy atom. The fourth-order valence-corrected chi connectivity index (χ4v) is 3.85. The molecular weight excluding hydrogens is 270 g/mol. The van der Waals surface area contributed by atoms with Gasteiger partial charge in [-0.2, -0.15) is 0 Å². The molecule has 16 heavy (non-hydrogen) atoms. The molecule has 4 nitrogen and oxygen atoms in total. The first kappa shape index (κ1) is 10.3. The minimum atomic E-state index is -0.0626. The number of aromatic nitrogens is 2. The number of anilines is 1. The lowest BCUT2D eigenvalue weighted by molar-refractivity contribution is 0.477. The molecule has 3 heterocycles. The van der Waals surface area contributed by atoms with Crippen molar-refractivity contribution in [2.24, 2.45) is 0 Å². The lowest BCUT2D eigenvalue weighted by Gasteiger charge is -2.37. The van der Waals surface area contributed by atoms with Gasteiger partial charge in [-0.25, -0.2) is 4.98 Å². The van der Waals surface area contributed by atoms with Crippen molar-refractivity contribution in [1.82, 2.24) is 9.97 Å². The Balaban J connectivity index is 1.97. The topological polar surface area (TPSA) is 49.0 Å². The predicted octanol–water partition coefficient (Wildman–Crippen LogP) is 1.66. The smallest absolute Gasteiger partial charge is 0.290 e. The van der Waals surface area contributed by atoms with Crippen molar-refractivity contribution in [3.63, 3.8) is 0 Å². The summed E-state index contributed by atoms with van der Waals surface area (Å²) in [4.78, 5) is 21.5. The number of fused-ring (bicyclic) bond motifs is 2.